The Morgan fingerprint density at radius 1 is 1.29 bits per heavy atom. The van der Waals surface area contributed by atoms with Gasteiger partial charge >= 0.3 is 11.9 Å². The summed E-state index contributed by atoms with van der Waals surface area (Å²) in [6.45, 7) is 2.43. The molecule has 0 radical (unpaired) electrons. The SMILES string of the molecule is CCc1c(C(=O)O)ccn1Cc1cccc(C(=O)OC)c1. The van der Waals surface area contributed by atoms with Crippen molar-refractivity contribution in [1.29, 1.82) is 0 Å². The normalized spacial score (nSPS) is 10.4. The van der Waals surface area contributed by atoms with E-state index < -0.39 is 5.97 Å². The van der Waals surface area contributed by atoms with E-state index in [2.05, 4.69) is 0 Å². The zero-order chi connectivity index (χ0) is 15.4. The molecule has 1 aromatic heterocycles. The molecule has 0 saturated carbocycles. The fourth-order valence-corrected chi connectivity index (χ4v) is 2.35. The molecule has 2 aromatic rings. The smallest absolute Gasteiger partial charge is 0.337 e. The number of methoxy groups -OCH3 is 1. The molecule has 5 nitrogen and oxygen atoms in total. The third-order valence-electron chi connectivity index (χ3n) is 3.35. The Bertz CT molecular complexity index is 673. The molecule has 0 aliphatic carbocycles. The number of hydrogen-bond donors (Lipinski definition) is 1. The molecule has 0 bridgehead atoms. The predicted molar refractivity (Wildman–Crippen MR) is 77.7 cm³/mol. The summed E-state index contributed by atoms with van der Waals surface area (Å²) < 4.78 is 6.59. The molecule has 110 valence electrons. The highest BCUT2D eigenvalue weighted by Crippen LogP contribution is 2.15. The number of aromatic nitrogens is 1. The van der Waals surface area contributed by atoms with Gasteiger partial charge in [0.1, 0.15) is 0 Å². The molecule has 0 aliphatic heterocycles. The van der Waals surface area contributed by atoms with Crippen LogP contribution in [0.25, 0.3) is 0 Å². The molecule has 21 heavy (non-hydrogen) atoms. The molecule has 0 amide bonds. The number of ether oxygens (including phenoxy) is 1. The minimum atomic E-state index is -0.922. The lowest BCUT2D eigenvalue weighted by molar-refractivity contribution is 0.0599. The third kappa shape index (κ3) is 3.13. The highest BCUT2D eigenvalue weighted by atomic mass is 16.5. The first-order valence-electron chi connectivity index (χ1n) is 6.65. The van der Waals surface area contributed by atoms with Gasteiger partial charge in [-0.3, -0.25) is 0 Å². The number of nitrogens with zero attached hydrogens (tertiary/aromatic N) is 1. The van der Waals surface area contributed by atoms with Crippen LogP contribution in [0.4, 0.5) is 0 Å². The molecule has 1 heterocycles. The molecule has 0 atom stereocenters. The average molecular weight is 287 g/mol. The molecular formula is C16H17NO4. The van der Waals surface area contributed by atoms with Gasteiger partial charge in [-0.05, 0) is 30.2 Å². The van der Waals surface area contributed by atoms with E-state index in [0.29, 0.717) is 24.1 Å². The number of carboxylic acids is 1. The summed E-state index contributed by atoms with van der Waals surface area (Å²) in [6.07, 6.45) is 2.39. The molecule has 1 aromatic carbocycles. The van der Waals surface area contributed by atoms with Crippen molar-refractivity contribution in [2.45, 2.75) is 19.9 Å². The van der Waals surface area contributed by atoms with Crippen molar-refractivity contribution in [2.24, 2.45) is 0 Å². The number of carbonyl (C=O) groups is 2. The Kier molecular flexibility index (Phi) is 4.42. The number of hydrogen-bond acceptors (Lipinski definition) is 3. The molecule has 0 spiro atoms. The van der Waals surface area contributed by atoms with Crippen LogP contribution in [0, 0.1) is 0 Å². The fraction of sp³-hybridized carbons (Fsp3) is 0.250. The summed E-state index contributed by atoms with van der Waals surface area (Å²) in [6, 6.07) is 8.73. The zero-order valence-corrected chi connectivity index (χ0v) is 12.0. The van der Waals surface area contributed by atoms with Crippen LogP contribution in [0.5, 0.6) is 0 Å². The molecule has 0 aliphatic rings. The van der Waals surface area contributed by atoms with E-state index in [1.165, 1.54) is 7.11 Å². The zero-order valence-electron chi connectivity index (χ0n) is 12.0. The van der Waals surface area contributed by atoms with Crippen molar-refractivity contribution in [3.8, 4) is 0 Å². The number of carboxylic acid groups (broad SMARTS) is 1. The summed E-state index contributed by atoms with van der Waals surface area (Å²) in [4.78, 5) is 22.7. The Morgan fingerprint density at radius 2 is 2.05 bits per heavy atom. The van der Waals surface area contributed by atoms with Crippen molar-refractivity contribution in [3.05, 3.63) is 58.9 Å². The van der Waals surface area contributed by atoms with Crippen LogP contribution < -0.4 is 0 Å². The summed E-state index contributed by atoms with van der Waals surface area (Å²) in [7, 11) is 1.34. The van der Waals surface area contributed by atoms with Gasteiger partial charge in [-0.15, -0.1) is 0 Å². The van der Waals surface area contributed by atoms with Crippen LogP contribution in [0.2, 0.25) is 0 Å². The molecule has 0 fully saturated rings. The first kappa shape index (κ1) is 14.8. The fourth-order valence-electron chi connectivity index (χ4n) is 2.35. The van der Waals surface area contributed by atoms with Gasteiger partial charge in [0.05, 0.1) is 18.2 Å². The average Bonchev–Trinajstić information content (AvgIpc) is 2.89. The Morgan fingerprint density at radius 3 is 2.67 bits per heavy atom. The summed E-state index contributed by atoms with van der Waals surface area (Å²) in [5.41, 5.74) is 2.49. The van der Waals surface area contributed by atoms with Gasteiger partial charge in [-0.1, -0.05) is 19.1 Å². The number of rotatable bonds is 5. The van der Waals surface area contributed by atoms with Crippen molar-refractivity contribution >= 4 is 11.9 Å². The predicted octanol–water partition coefficient (Wildman–Crippen LogP) is 2.58. The van der Waals surface area contributed by atoms with Crippen LogP contribution in [0.15, 0.2) is 36.5 Å². The van der Waals surface area contributed by atoms with Crippen molar-refractivity contribution in [3.63, 3.8) is 0 Å². The topological polar surface area (TPSA) is 68.5 Å². The van der Waals surface area contributed by atoms with Gasteiger partial charge in [-0.25, -0.2) is 9.59 Å². The second kappa shape index (κ2) is 6.26. The van der Waals surface area contributed by atoms with Crippen molar-refractivity contribution < 1.29 is 19.4 Å². The van der Waals surface area contributed by atoms with Crippen LogP contribution in [-0.2, 0) is 17.7 Å². The monoisotopic (exact) mass is 287 g/mol. The second-order valence-electron chi connectivity index (χ2n) is 4.65. The number of esters is 1. The summed E-state index contributed by atoms with van der Waals surface area (Å²) in [5, 5.41) is 9.15. The van der Waals surface area contributed by atoms with Gasteiger partial charge in [0.2, 0.25) is 0 Å². The minimum Gasteiger partial charge on any atom is -0.478 e. The van der Waals surface area contributed by atoms with E-state index >= 15 is 0 Å². The first-order valence-corrected chi connectivity index (χ1v) is 6.65. The van der Waals surface area contributed by atoms with Crippen LogP contribution in [0.1, 0.15) is 38.9 Å². The van der Waals surface area contributed by atoms with Crippen molar-refractivity contribution in [1.82, 2.24) is 4.57 Å². The number of aromatic carboxylic acids is 1. The maximum absolute atomic E-state index is 11.5. The standard InChI is InChI=1S/C16H17NO4/c1-3-14-13(15(18)19)7-8-17(14)10-11-5-4-6-12(9-11)16(20)21-2/h4-9H,3,10H2,1-2H3,(H,18,19). The van der Waals surface area contributed by atoms with Gasteiger partial charge in [0.15, 0.2) is 0 Å². The second-order valence-corrected chi connectivity index (χ2v) is 4.65. The summed E-state index contributed by atoms with van der Waals surface area (Å²) in [5.74, 6) is -1.31. The maximum Gasteiger partial charge on any atom is 0.337 e. The van der Waals surface area contributed by atoms with Crippen LogP contribution >= 0.6 is 0 Å². The molecule has 5 heteroatoms. The highest BCUT2D eigenvalue weighted by Gasteiger charge is 2.14. The van der Waals surface area contributed by atoms with E-state index in [4.69, 9.17) is 9.84 Å². The lowest BCUT2D eigenvalue weighted by Crippen LogP contribution is -2.08. The molecule has 0 saturated heterocycles. The lowest BCUT2D eigenvalue weighted by atomic mass is 10.1. The first-order chi connectivity index (χ1) is 10.1. The van der Waals surface area contributed by atoms with E-state index in [1.807, 2.05) is 17.6 Å². The molecule has 0 unspecified atom stereocenters. The lowest BCUT2D eigenvalue weighted by Gasteiger charge is -2.10. The molecule has 2 rings (SSSR count). The van der Waals surface area contributed by atoms with E-state index in [-0.39, 0.29) is 5.97 Å². The van der Waals surface area contributed by atoms with E-state index in [0.717, 1.165) is 11.3 Å². The van der Waals surface area contributed by atoms with Crippen LogP contribution in [0.3, 0.4) is 0 Å². The van der Waals surface area contributed by atoms with Crippen LogP contribution in [-0.4, -0.2) is 28.7 Å². The van der Waals surface area contributed by atoms with Gasteiger partial charge in [0, 0.05) is 18.4 Å². The van der Waals surface area contributed by atoms with Crippen molar-refractivity contribution in [2.75, 3.05) is 7.11 Å². The minimum absolute atomic E-state index is 0.321. The third-order valence-corrected chi connectivity index (χ3v) is 3.35. The van der Waals surface area contributed by atoms with Gasteiger partial charge in [-0.2, -0.15) is 0 Å². The Hall–Kier alpha value is -2.56. The quantitative estimate of drug-likeness (QED) is 0.858. The van der Waals surface area contributed by atoms with E-state index in [1.54, 1.807) is 30.5 Å². The largest absolute Gasteiger partial charge is 0.478 e. The molecule has 1 N–H and O–H groups in total. The number of benzene rings is 1. The van der Waals surface area contributed by atoms with Gasteiger partial charge < -0.3 is 14.4 Å². The number of carbonyl (C=O) groups excluding carboxylic acids is 1. The molecular weight excluding hydrogens is 270 g/mol. The maximum atomic E-state index is 11.5. The Balaban J connectivity index is 2.30. The summed E-state index contributed by atoms with van der Waals surface area (Å²) >= 11 is 0. The highest BCUT2D eigenvalue weighted by molar-refractivity contribution is 5.89. The van der Waals surface area contributed by atoms with E-state index in [9.17, 15) is 9.59 Å². The van der Waals surface area contributed by atoms with Gasteiger partial charge in [0.25, 0.3) is 0 Å². The Labute approximate surface area is 122 Å².